The third-order valence-corrected chi connectivity index (χ3v) is 5.19. The van der Waals surface area contributed by atoms with Crippen molar-refractivity contribution in [3.05, 3.63) is 65.2 Å². The highest BCUT2D eigenvalue weighted by Crippen LogP contribution is 2.30. The standard InChI is InChI=1S/C23H26ClN3O2/c1-17(2)23(29)25-19-9-10-21(20(24)16-19)26-12-14-27(15-13-26)22(28)11-8-18-6-4-3-5-7-18/h3-11,16-17H,12-15H2,1-2H3,(H,25,29). The molecule has 5 nitrogen and oxygen atoms in total. The van der Waals surface area contributed by atoms with Crippen molar-refractivity contribution in [3.63, 3.8) is 0 Å². The summed E-state index contributed by atoms with van der Waals surface area (Å²) in [5.74, 6) is -0.106. The number of amides is 2. The Labute approximate surface area is 177 Å². The van der Waals surface area contributed by atoms with Gasteiger partial charge in [-0.3, -0.25) is 9.59 Å². The second-order valence-electron chi connectivity index (χ2n) is 7.37. The molecule has 29 heavy (non-hydrogen) atoms. The third kappa shape index (κ3) is 5.61. The molecule has 0 spiro atoms. The molecular weight excluding hydrogens is 386 g/mol. The van der Waals surface area contributed by atoms with Crippen molar-refractivity contribution in [2.24, 2.45) is 5.92 Å². The number of anilines is 2. The van der Waals surface area contributed by atoms with Gasteiger partial charge in [-0.2, -0.15) is 0 Å². The average Bonchev–Trinajstić information content (AvgIpc) is 2.73. The molecule has 0 aromatic heterocycles. The van der Waals surface area contributed by atoms with Crippen LogP contribution in [0.2, 0.25) is 5.02 Å². The Morgan fingerprint density at radius 2 is 1.72 bits per heavy atom. The summed E-state index contributed by atoms with van der Waals surface area (Å²) in [5.41, 5.74) is 2.62. The molecule has 0 saturated carbocycles. The molecule has 1 N–H and O–H groups in total. The first-order chi connectivity index (χ1) is 13.9. The van der Waals surface area contributed by atoms with Gasteiger partial charge in [0.25, 0.3) is 0 Å². The lowest BCUT2D eigenvalue weighted by molar-refractivity contribution is -0.126. The zero-order valence-corrected chi connectivity index (χ0v) is 17.5. The Morgan fingerprint density at radius 1 is 1.03 bits per heavy atom. The van der Waals surface area contributed by atoms with Gasteiger partial charge < -0.3 is 15.1 Å². The van der Waals surface area contributed by atoms with Gasteiger partial charge in [-0.1, -0.05) is 55.8 Å². The van der Waals surface area contributed by atoms with Gasteiger partial charge in [-0.05, 0) is 29.8 Å². The highest BCUT2D eigenvalue weighted by atomic mass is 35.5. The van der Waals surface area contributed by atoms with Crippen LogP contribution >= 0.6 is 11.6 Å². The fourth-order valence-corrected chi connectivity index (χ4v) is 3.43. The zero-order chi connectivity index (χ0) is 20.8. The van der Waals surface area contributed by atoms with Gasteiger partial charge in [-0.25, -0.2) is 0 Å². The summed E-state index contributed by atoms with van der Waals surface area (Å²) in [7, 11) is 0. The van der Waals surface area contributed by atoms with E-state index in [0.29, 0.717) is 36.9 Å². The minimum Gasteiger partial charge on any atom is -0.367 e. The molecule has 0 unspecified atom stereocenters. The third-order valence-electron chi connectivity index (χ3n) is 4.89. The smallest absolute Gasteiger partial charge is 0.246 e. The normalized spacial score (nSPS) is 14.5. The summed E-state index contributed by atoms with van der Waals surface area (Å²) in [6.45, 7) is 6.40. The van der Waals surface area contributed by atoms with Crippen LogP contribution in [0.3, 0.4) is 0 Å². The first-order valence-electron chi connectivity index (χ1n) is 9.81. The van der Waals surface area contributed by atoms with E-state index >= 15 is 0 Å². The molecule has 1 heterocycles. The van der Waals surface area contributed by atoms with Gasteiger partial charge in [-0.15, -0.1) is 0 Å². The second-order valence-corrected chi connectivity index (χ2v) is 7.77. The monoisotopic (exact) mass is 411 g/mol. The molecule has 0 radical (unpaired) electrons. The number of hydrogen-bond acceptors (Lipinski definition) is 3. The molecular formula is C23H26ClN3O2. The van der Waals surface area contributed by atoms with Crippen molar-refractivity contribution in [1.82, 2.24) is 4.90 Å². The van der Waals surface area contributed by atoms with Crippen LogP contribution in [0.5, 0.6) is 0 Å². The van der Waals surface area contributed by atoms with E-state index in [1.54, 1.807) is 12.1 Å². The Kier molecular flexibility index (Phi) is 6.94. The molecule has 2 aromatic rings. The lowest BCUT2D eigenvalue weighted by atomic mass is 10.2. The summed E-state index contributed by atoms with van der Waals surface area (Å²) in [6.07, 6.45) is 3.47. The number of rotatable bonds is 5. The molecule has 3 rings (SSSR count). The highest BCUT2D eigenvalue weighted by molar-refractivity contribution is 6.33. The number of nitrogens with one attached hydrogen (secondary N) is 1. The Balaban J connectivity index is 1.57. The van der Waals surface area contributed by atoms with Crippen LogP contribution in [0, 0.1) is 5.92 Å². The Morgan fingerprint density at radius 3 is 2.34 bits per heavy atom. The number of hydrogen-bond donors (Lipinski definition) is 1. The van der Waals surface area contributed by atoms with Crippen LogP contribution in [0.15, 0.2) is 54.6 Å². The molecule has 1 saturated heterocycles. The molecule has 0 aliphatic carbocycles. The molecule has 152 valence electrons. The van der Waals surface area contributed by atoms with E-state index in [1.165, 1.54) is 0 Å². The van der Waals surface area contributed by atoms with Gasteiger partial charge in [0.2, 0.25) is 11.8 Å². The van der Waals surface area contributed by atoms with E-state index < -0.39 is 0 Å². The van der Waals surface area contributed by atoms with Crippen molar-refractivity contribution in [3.8, 4) is 0 Å². The Hall–Kier alpha value is -2.79. The van der Waals surface area contributed by atoms with Crippen molar-refractivity contribution < 1.29 is 9.59 Å². The molecule has 1 aliphatic heterocycles. The van der Waals surface area contributed by atoms with Gasteiger partial charge in [0.15, 0.2) is 0 Å². The number of piperazine rings is 1. The first kappa shape index (κ1) is 20.9. The lowest BCUT2D eigenvalue weighted by Crippen LogP contribution is -2.48. The molecule has 1 fully saturated rings. The van der Waals surface area contributed by atoms with Crippen molar-refractivity contribution in [2.45, 2.75) is 13.8 Å². The number of halogens is 1. The Bertz CT molecular complexity index is 888. The first-order valence-corrected chi connectivity index (χ1v) is 10.2. The number of benzene rings is 2. The average molecular weight is 412 g/mol. The van der Waals surface area contributed by atoms with Gasteiger partial charge in [0.05, 0.1) is 10.7 Å². The van der Waals surface area contributed by atoms with Crippen molar-refractivity contribution in [2.75, 3.05) is 36.4 Å². The predicted octanol–water partition coefficient (Wildman–Crippen LogP) is 4.30. The topological polar surface area (TPSA) is 52.7 Å². The van der Waals surface area contributed by atoms with Crippen LogP contribution in [0.4, 0.5) is 11.4 Å². The predicted molar refractivity (Wildman–Crippen MR) is 119 cm³/mol. The summed E-state index contributed by atoms with van der Waals surface area (Å²) in [5, 5.41) is 3.45. The molecule has 2 amide bonds. The maximum absolute atomic E-state index is 12.4. The maximum Gasteiger partial charge on any atom is 0.246 e. The molecule has 0 bridgehead atoms. The van der Waals surface area contributed by atoms with Crippen LogP contribution in [-0.4, -0.2) is 42.9 Å². The molecule has 6 heteroatoms. The molecule has 2 aromatic carbocycles. The number of carbonyl (C=O) groups excluding carboxylic acids is 2. The fourth-order valence-electron chi connectivity index (χ4n) is 3.13. The van der Waals surface area contributed by atoms with E-state index in [0.717, 1.165) is 11.3 Å². The van der Waals surface area contributed by atoms with E-state index in [1.807, 2.05) is 67.3 Å². The minimum atomic E-state index is -0.0880. The minimum absolute atomic E-state index is 0.0198. The molecule has 1 aliphatic rings. The fraction of sp³-hybridized carbons (Fsp3) is 0.304. The van der Waals surface area contributed by atoms with E-state index in [2.05, 4.69) is 10.2 Å². The van der Waals surface area contributed by atoms with Crippen LogP contribution in [-0.2, 0) is 9.59 Å². The van der Waals surface area contributed by atoms with Gasteiger partial charge >= 0.3 is 0 Å². The second kappa shape index (κ2) is 9.61. The molecule has 0 atom stereocenters. The van der Waals surface area contributed by atoms with E-state index in [-0.39, 0.29) is 17.7 Å². The SMILES string of the molecule is CC(C)C(=O)Nc1ccc(N2CCN(C(=O)C=Cc3ccccc3)CC2)c(Cl)c1. The van der Waals surface area contributed by atoms with Crippen molar-refractivity contribution in [1.29, 1.82) is 0 Å². The van der Waals surface area contributed by atoms with Crippen LogP contribution in [0.1, 0.15) is 19.4 Å². The summed E-state index contributed by atoms with van der Waals surface area (Å²) in [6, 6.07) is 15.4. The van der Waals surface area contributed by atoms with Crippen molar-refractivity contribution >= 4 is 40.9 Å². The summed E-state index contributed by atoms with van der Waals surface area (Å²) >= 11 is 6.46. The largest absolute Gasteiger partial charge is 0.367 e. The highest BCUT2D eigenvalue weighted by Gasteiger charge is 2.21. The number of nitrogens with zero attached hydrogens (tertiary/aromatic N) is 2. The quantitative estimate of drug-likeness (QED) is 0.746. The van der Waals surface area contributed by atoms with E-state index in [4.69, 9.17) is 11.6 Å². The maximum atomic E-state index is 12.4. The van der Waals surface area contributed by atoms with Crippen LogP contribution in [0.25, 0.3) is 6.08 Å². The van der Waals surface area contributed by atoms with Gasteiger partial charge in [0.1, 0.15) is 0 Å². The lowest BCUT2D eigenvalue weighted by Gasteiger charge is -2.36. The summed E-state index contributed by atoms with van der Waals surface area (Å²) in [4.78, 5) is 28.3. The summed E-state index contributed by atoms with van der Waals surface area (Å²) < 4.78 is 0. The van der Waals surface area contributed by atoms with E-state index in [9.17, 15) is 9.59 Å². The zero-order valence-electron chi connectivity index (χ0n) is 16.8. The number of carbonyl (C=O) groups is 2. The van der Waals surface area contributed by atoms with Crippen LogP contribution < -0.4 is 10.2 Å². The van der Waals surface area contributed by atoms with Gasteiger partial charge in [0, 0.05) is 43.9 Å².